The minimum atomic E-state index is -3.68. The maximum Gasteiger partial charge on any atom is 0.242 e. The van der Waals surface area contributed by atoms with Crippen LogP contribution in [-0.4, -0.2) is 50.0 Å². The van der Waals surface area contributed by atoms with Crippen LogP contribution in [0.25, 0.3) is 0 Å². The summed E-state index contributed by atoms with van der Waals surface area (Å²) in [5, 5.41) is 3.03. The highest BCUT2D eigenvalue weighted by atomic mass is 32.2. The van der Waals surface area contributed by atoms with Crippen molar-refractivity contribution in [2.24, 2.45) is 0 Å². The van der Waals surface area contributed by atoms with E-state index >= 15 is 0 Å². The summed E-state index contributed by atoms with van der Waals surface area (Å²) in [6.07, 6.45) is 6.17. The molecule has 0 bridgehead atoms. The Kier molecular flexibility index (Phi) is 10.0. The average molecular weight is 536 g/mol. The van der Waals surface area contributed by atoms with Gasteiger partial charge in [-0.3, -0.25) is 13.9 Å². The van der Waals surface area contributed by atoms with Gasteiger partial charge < -0.3 is 10.2 Å². The molecule has 1 N–H and O–H groups in total. The SMILES string of the molecule is C[C@H](C(=O)NC1CCCCC1)N(Cc1ccccc1F)C(=O)CCCN(c1ccc(F)cc1)S(C)(=O)=O. The van der Waals surface area contributed by atoms with Crippen LogP contribution >= 0.6 is 0 Å². The lowest BCUT2D eigenvalue weighted by Gasteiger charge is -2.31. The quantitative estimate of drug-likeness (QED) is 0.463. The molecule has 1 aliphatic rings. The third-order valence-corrected chi connectivity index (χ3v) is 7.88. The van der Waals surface area contributed by atoms with E-state index in [1.807, 2.05) is 0 Å². The average Bonchev–Trinajstić information content (AvgIpc) is 2.86. The third-order valence-electron chi connectivity index (χ3n) is 6.68. The fourth-order valence-electron chi connectivity index (χ4n) is 4.57. The second-order valence-electron chi connectivity index (χ2n) is 9.55. The molecule has 0 radical (unpaired) electrons. The molecule has 2 amide bonds. The van der Waals surface area contributed by atoms with Crippen molar-refractivity contribution in [3.8, 4) is 0 Å². The van der Waals surface area contributed by atoms with Crippen LogP contribution < -0.4 is 9.62 Å². The molecular formula is C27H35F2N3O4S. The van der Waals surface area contributed by atoms with Crippen molar-refractivity contribution < 1.29 is 26.8 Å². The van der Waals surface area contributed by atoms with Crippen molar-refractivity contribution in [1.82, 2.24) is 10.2 Å². The molecule has 0 unspecified atom stereocenters. The fourth-order valence-corrected chi connectivity index (χ4v) is 5.54. The molecule has 2 aromatic rings. The van der Waals surface area contributed by atoms with Gasteiger partial charge in [-0.2, -0.15) is 0 Å². The van der Waals surface area contributed by atoms with Gasteiger partial charge in [0.25, 0.3) is 0 Å². The van der Waals surface area contributed by atoms with E-state index in [-0.39, 0.29) is 49.4 Å². The maximum atomic E-state index is 14.4. The molecule has 0 saturated heterocycles. The predicted octanol–water partition coefficient (Wildman–Crippen LogP) is 4.38. The van der Waals surface area contributed by atoms with Gasteiger partial charge >= 0.3 is 0 Å². The van der Waals surface area contributed by atoms with E-state index in [9.17, 15) is 26.8 Å². The number of sulfonamides is 1. The first-order chi connectivity index (χ1) is 17.6. The van der Waals surface area contributed by atoms with E-state index < -0.39 is 27.7 Å². The number of nitrogens with one attached hydrogen (secondary N) is 1. The topological polar surface area (TPSA) is 86.8 Å². The van der Waals surface area contributed by atoms with Gasteiger partial charge in [0.15, 0.2) is 0 Å². The number of hydrogen-bond acceptors (Lipinski definition) is 4. The first kappa shape index (κ1) is 28.6. The van der Waals surface area contributed by atoms with Crippen LogP contribution in [-0.2, 0) is 26.2 Å². The Morgan fingerprint density at radius 3 is 2.30 bits per heavy atom. The zero-order valence-corrected chi connectivity index (χ0v) is 22.1. The molecule has 2 aromatic carbocycles. The molecule has 37 heavy (non-hydrogen) atoms. The van der Waals surface area contributed by atoms with Crippen LogP contribution in [0.15, 0.2) is 48.5 Å². The van der Waals surface area contributed by atoms with Gasteiger partial charge in [-0.25, -0.2) is 17.2 Å². The molecule has 7 nitrogen and oxygen atoms in total. The standard InChI is InChI=1S/C27H35F2N3O4S/c1-20(27(34)30-23-10-4-3-5-11-23)31(19-21-9-6-7-12-25(21)29)26(33)13-8-18-32(37(2,35)36)24-16-14-22(28)15-17-24/h6-7,9,12,14-17,20,23H,3-5,8,10-11,13,18-19H2,1-2H3,(H,30,34)/t20-/m1/s1. The van der Waals surface area contributed by atoms with Gasteiger partial charge in [-0.15, -0.1) is 0 Å². The Morgan fingerprint density at radius 1 is 1.03 bits per heavy atom. The fraction of sp³-hybridized carbons (Fsp3) is 0.481. The summed E-state index contributed by atoms with van der Waals surface area (Å²) < 4.78 is 53.5. The first-order valence-electron chi connectivity index (χ1n) is 12.6. The minimum absolute atomic E-state index is 0.00754. The highest BCUT2D eigenvalue weighted by Crippen LogP contribution is 2.21. The van der Waals surface area contributed by atoms with Crippen molar-refractivity contribution in [3.05, 3.63) is 65.7 Å². The van der Waals surface area contributed by atoms with E-state index in [0.717, 1.165) is 42.7 Å². The lowest BCUT2D eigenvalue weighted by atomic mass is 9.95. The minimum Gasteiger partial charge on any atom is -0.352 e. The number of amides is 2. The van der Waals surface area contributed by atoms with Gasteiger partial charge in [0.2, 0.25) is 21.8 Å². The largest absolute Gasteiger partial charge is 0.352 e. The number of benzene rings is 2. The number of anilines is 1. The van der Waals surface area contributed by atoms with Crippen LogP contribution in [0.2, 0.25) is 0 Å². The smallest absolute Gasteiger partial charge is 0.242 e. The molecule has 0 heterocycles. The van der Waals surface area contributed by atoms with E-state index in [0.29, 0.717) is 5.69 Å². The highest BCUT2D eigenvalue weighted by molar-refractivity contribution is 7.92. The van der Waals surface area contributed by atoms with Crippen molar-refractivity contribution in [2.45, 2.75) is 70.5 Å². The van der Waals surface area contributed by atoms with Crippen LogP contribution in [0.4, 0.5) is 14.5 Å². The van der Waals surface area contributed by atoms with Gasteiger partial charge in [-0.05, 0) is 56.5 Å². The number of carbonyl (C=O) groups excluding carboxylic acids is 2. The Morgan fingerprint density at radius 2 is 1.68 bits per heavy atom. The predicted molar refractivity (Wildman–Crippen MR) is 139 cm³/mol. The zero-order valence-electron chi connectivity index (χ0n) is 21.3. The molecule has 0 spiro atoms. The van der Waals surface area contributed by atoms with Crippen LogP contribution in [0.1, 0.15) is 57.4 Å². The Hall–Kier alpha value is -3.01. The van der Waals surface area contributed by atoms with Crippen LogP contribution in [0, 0.1) is 11.6 Å². The molecule has 202 valence electrons. The molecule has 1 saturated carbocycles. The first-order valence-corrected chi connectivity index (χ1v) is 14.5. The molecule has 0 aliphatic heterocycles. The lowest BCUT2D eigenvalue weighted by Crippen LogP contribution is -2.50. The van der Waals surface area contributed by atoms with Crippen molar-refractivity contribution in [3.63, 3.8) is 0 Å². The second kappa shape index (κ2) is 13.0. The van der Waals surface area contributed by atoms with Gasteiger partial charge in [-0.1, -0.05) is 37.5 Å². The van der Waals surface area contributed by atoms with E-state index in [1.54, 1.807) is 25.1 Å². The summed E-state index contributed by atoms with van der Waals surface area (Å²) in [5.74, 6) is -1.64. The molecule has 1 fully saturated rings. The van der Waals surface area contributed by atoms with E-state index in [4.69, 9.17) is 0 Å². The normalized spacial score (nSPS) is 15.1. The molecule has 1 aliphatic carbocycles. The summed E-state index contributed by atoms with van der Waals surface area (Å²) in [6.45, 7) is 1.53. The van der Waals surface area contributed by atoms with E-state index in [1.165, 1.54) is 35.2 Å². The lowest BCUT2D eigenvalue weighted by molar-refractivity contribution is -0.141. The Bertz CT molecular complexity index is 1170. The monoisotopic (exact) mass is 535 g/mol. The summed E-state index contributed by atoms with van der Waals surface area (Å²) >= 11 is 0. The van der Waals surface area contributed by atoms with Crippen molar-refractivity contribution >= 4 is 27.5 Å². The molecule has 0 aromatic heterocycles. The highest BCUT2D eigenvalue weighted by Gasteiger charge is 2.29. The van der Waals surface area contributed by atoms with Gasteiger partial charge in [0.1, 0.15) is 17.7 Å². The Labute approximate surface area is 217 Å². The Balaban J connectivity index is 1.72. The molecule has 1 atom stereocenters. The summed E-state index contributed by atoms with van der Waals surface area (Å²) in [7, 11) is -3.68. The summed E-state index contributed by atoms with van der Waals surface area (Å²) in [5.41, 5.74) is 0.581. The third kappa shape index (κ3) is 8.24. The van der Waals surface area contributed by atoms with Crippen molar-refractivity contribution in [2.75, 3.05) is 17.1 Å². The second-order valence-corrected chi connectivity index (χ2v) is 11.5. The molecule has 3 rings (SSSR count). The maximum absolute atomic E-state index is 14.4. The number of nitrogens with zero attached hydrogens (tertiary/aromatic N) is 2. The van der Waals surface area contributed by atoms with Crippen molar-refractivity contribution in [1.29, 1.82) is 0 Å². The molecular weight excluding hydrogens is 500 g/mol. The number of halogens is 2. The molecule has 10 heteroatoms. The zero-order chi connectivity index (χ0) is 27.0. The van der Waals surface area contributed by atoms with Crippen LogP contribution in [0.3, 0.4) is 0 Å². The van der Waals surface area contributed by atoms with E-state index in [2.05, 4.69) is 5.32 Å². The van der Waals surface area contributed by atoms with Crippen LogP contribution in [0.5, 0.6) is 0 Å². The van der Waals surface area contributed by atoms with Gasteiger partial charge in [0, 0.05) is 31.1 Å². The summed E-state index contributed by atoms with van der Waals surface area (Å²) in [6, 6.07) is 10.4. The number of hydrogen-bond donors (Lipinski definition) is 1. The van der Waals surface area contributed by atoms with Gasteiger partial charge in [0.05, 0.1) is 11.9 Å². The number of rotatable bonds is 11. The summed E-state index contributed by atoms with van der Waals surface area (Å²) in [4.78, 5) is 27.7. The number of carbonyl (C=O) groups is 2.